The molecule has 1 N–H and O–H groups in total. The number of hydrogen-bond donors (Lipinski definition) is 1. The Kier molecular flexibility index (Phi) is 18.7. The van der Waals surface area contributed by atoms with E-state index in [9.17, 15) is 19.2 Å². The molecule has 3 aromatic carbocycles. The minimum atomic E-state index is -2.35. The number of amides is 5. The van der Waals surface area contributed by atoms with E-state index in [0.717, 1.165) is 83.6 Å². The number of anilines is 2. The summed E-state index contributed by atoms with van der Waals surface area (Å²) >= 11 is 0. The van der Waals surface area contributed by atoms with Gasteiger partial charge in [-0.15, -0.1) is 5.54 Å². The fourth-order valence-corrected chi connectivity index (χ4v) is 21.6. The minimum absolute atomic E-state index is 0.00735. The van der Waals surface area contributed by atoms with Gasteiger partial charge in [0.15, 0.2) is 12.6 Å². The van der Waals surface area contributed by atoms with Crippen molar-refractivity contribution in [2.24, 2.45) is 16.7 Å². The van der Waals surface area contributed by atoms with Crippen LogP contribution in [0.3, 0.4) is 0 Å². The molecule has 12 rings (SSSR count). The quantitative estimate of drug-likeness (QED) is 0.0529. The molecule has 5 aliphatic heterocycles. The molecule has 7 heterocycles. The molecule has 498 valence electrons. The van der Waals surface area contributed by atoms with E-state index in [4.69, 9.17) is 33.9 Å². The van der Waals surface area contributed by atoms with E-state index in [1.165, 1.54) is 38.9 Å². The monoisotopic (exact) mass is 1290 g/mol. The van der Waals surface area contributed by atoms with Crippen LogP contribution in [0.5, 0.6) is 11.8 Å². The molecule has 2 saturated carbocycles. The molecule has 7 aliphatic rings. The number of rotatable bonds is 17. The van der Waals surface area contributed by atoms with Crippen molar-refractivity contribution in [2.75, 3.05) is 102 Å². The van der Waals surface area contributed by atoms with Gasteiger partial charge in [0.2, 0.25) is 5.91 Å². The Balaban J connectivity index is 0.731. The number of aryl methyl sites for hydroxylation is 1. The number of pyridine rings is 1. The second-order valence-corrected chi connectivity index (χ2v) is 35.5. The number of nitrogens with zero attached hydrogens (tertiary/aromatic N) is 9. The lowest BCUT2D eigenvalue weighted by molar-refractivity contribution is -0.120. The molecule has 18 nitrogen and oxygen atoms in total. The molecule has 0 radical (unpaired) electrons. The number of nitrogens with one attached hydrogen (secondary N) is 1. The van der Waals surface area contributed by atoms with Crippen molar-refractivity contribution in [3.8, 4) is 34.5 Å². The Morgan fingerprint density at radius 1 is 0.828 bits per heavy atom. The maximum atomic E-state index is 18.3. The fraction of sp³-hybridized carbons (Fsp3) is 0.597. The predicted molar refractivity (Wildman–Crippen MR) is 359 cm³/mol. The third kappa shape index (κ3) is 13.5. The van der Waals surface area contributed by atoms with Gasteiger partial charge in [0.25, 0.3) is 5.91 Å². The molecule has 2 aliphatic carbocycles. The van der Waals surface area contributed by atoms with Crippen LogP contribution in [-0.2, 0) is 14.3 Å². The number of benzene rings is 3. The minimum Gasteiger partial charge on any atom is -0.468 e. The molecular weight excluding hydrogens is 1200 g/mol. The number of halogens is 2. The third-order valence-electron chi connectivity index (χ3n) is 21.8. The van der Waals surface area contributed by atoms with Gasteiger partial charge in [-0.3, -0.25) is 24.8 Å². The topological polar surface area (TPSA) is 175 Å². The molecule has 1 spiro atoms. The Bertz CT molecular complexity index is 3720. The SMILES string of the molecule is COCOc1cc(-c2ncc3c(N4C[C@@H]5C[C@H]4CN5C(=O)OC(C)(C)C)nc(OCC4(CN5CCN(CC6CCC7(CC6)CCN(C(=O)c6ccc(C)c(N8CCC(=O)NC8=O)c6)CC7)CC5)CC4)nc3c2F)c2c(C#C[Si](C(C)C)(C(C)C)C(C)C)c(F)ccc2c1. The Hall–Kier alpha value is -6.99. The second-order valence-electron chi connectivity index (χ2n) is 29.9. The summed E-state index contributed by atoms with van der Waals surface area (Å²) in [5, 5.41) is 3.83. The average molecular weight is 1290 g/mol. The Morgan fingerprint density at radius 2 is 1.54 bits per heavy atom. The lowest BCUT2D eigenvalue weighted by atomic mass is 9.65. The number of carbonyl (C=O) groups excluding carboxylic acids is 4. The summed E-state index contributed by atoms with van der Waals surface area (Å²) < 4.78 is 58.7. The van der Waals surface area contributed by atoms with Crippen molar-refractivity contribution in [3.63, 3.8) is 0 Å². The van der Waals surface area contributed by atoms with E-state index in [1.54, 1.807) is 40.3 Å². The van der Waals surface area contributed by atoms with Crippen molar-refractivity contribution >= 4 is 65.2 Å². The summed E-state index contributed by atoms with van der Waals surface area (Å²) in [4.78, 5) is 79.4. The molecule has 5 aromatic rings. The molecule has 5 amide bonds. The van der Waals surface area contributed by atoms with Crippen molar-refractivity contribution in [1.82, 2.24) is 39.9 Å². The van der Waals surface area contributed by atoms with Crippen molar-refractivity contribution < 1.29 is 46.9 Å². The van der Waals surface area contributed by atoms with Crippen LogP contribution in [0.4, 0.5) is 29.9 Å². The van der Waals surface area contributed by atoms with Crippen LogP contribution in [0.15, 0.2) is 48.7 Å². The largest absolute Gasteiger partial charge is 0.468 e. The molecular formula is C72H94F2N10O8Si. The van der Waals surface area contributed by atoms with Gasteiger partial charge in [-0.25, -0.2) is 18.4 Å². The van der Waals surface area contributed by atoms with Crippen LogP contribution in [-0.4, -0.2) is 177 Å². The summed E-state index contributed by atoms with van der Waals surface area (Å²) in [5.41, 5.74) is 6.68. The summed E-state index contributed by atoms with van der Waals surface area (Å²) in [6, 6.07) is 11.4. The third-order valence-corrected chi connectivity index (χ3v) is 28.1. The maximum Gasteiger partial charge on any atom is 0.410 e. The highest BCUT2D eigenvalue weighted by Crippen LogP contribution is 2.50. The molecule has 2 aromatic heterocycles. The van der Waals surface area contributed by atoms with Gasteiger partial charge >= 0.3 is 18.1 Å². The van der Waals surface area contributed by atoms with Crippen LogP contribution >= 0.6 is 0 Å². The van der Waals surface area contributed by atoms with Crippen molar-refractivity contribution in [3.05, 3.63) is 77.0 Å². The molecule has 93 heavy (non-hydrogen) atoms. The van der Waals surface area contributed by atoms with Gasteiger partial charge in [0, 0.05) is 119 Å². The van der Waals surface area contributed by atoms with Crippen LogP contribution in [0.1, 0.15) is 148 Å². The van der Waals surface area contributed by atoms with Gasteiger partial charge in [-0.2, -0.15) is 9.97 Å². The molecule has 21 heteroatoms. The molecule has 0 unspecified atom stereocenters. The number of carbonyl (C=O) groups is 4. The summed E-state index contributed by atoms with van der Waals surface area (Å²) in [7, 11) is -0.828. The number of urea groups is 1. The van der Waals surface area contributed by atoms with Crippen LogP contribution in [0.25, 0.3) is 32.9 Å². The number of imide groups is 1. The maximum absolute atomic E-state index is 18.3. The van der Waals surface area contributed by atoms with Crippen LogP contribution < -0.4 is 24.6 Å². The second kappa shape index (κ2) is 26.3. The van der Waals surface area contributed by atoms with Crippen molar-refractivity contribution in [2.45, 2.75) is 168 Å². The van der Waals surface area contributed by atoms with E-state index in [-0.39, 0.29) is 76.8 Å². The van der Waals surface area contributed by atoms with Gasteiger partial charge in [0.1, 0.15) is 42.3 Å². The van der Waals surface area contributed by atoms with E-state index >= 15 is 8.78 Å². The predicted octanol–water partition coefficient (Wildman–Crippen LogP) is 12.5. The lowest BCUT2D eigenvalue weighted by Crippen LogP contribution is -2.50. The number of ether oxygens (including phenoxy) is 4. The van der Waals surface area contributed by atoms with Gasteiger partial charge < -0.3 is 43.4 Å². The van der Waals surface area contributed by atoms with E-state index < -0.39 is 31.3 Å². The first-order chi connectivity index (χ1) is 44.4. The summed E-state index contributed by atoms with van der Waals surface area (Å²) in [5.74, 6) is 3.38. The van der Waals surface area contributed by atoms with Gasteiger partial charge in [-0.05, 0) is 155 Å². The average Bonchev–Trinajstić information content (AvgIpc) is 1.72. The normalized spacial score (nSPS) is 21.2. The number of likely N-dealkylation sites (tertiary alicyclic amines) is 2. The van der Waals surface area contributed by atoms with Crippen LogP contribution in [0.2, 0.25) is 16.6 Å². The highest BCUT2D eigenvalue weighted by Gasteiger charge is 2.49. The number of piperidine rings is 1. The van der Waals surface area contributed by atoms with E-state index in [1.807, 2.05) is 44.7 Å². The van der Waals surface area contributed by atoms with Gasteiger partial charge in [-0.1, -0.05) is 59.6 Å². The molecule has 5 saturated heterocycles. The summed E-state index contributed by atoms with van der Waals surface area (Å²) in [6.45, 7) is 29.6. The zero-order valence-electron chi connectivity index (χ0n) is 56.4. The number of aromatic nitrogens is 3. The first-order valence-corrected chi connectivity index (χ1v) is 36.2. The highest BCUT2D eigenvalue weighted by molar-refractivity contribution is 6.90. The fourth-order valence-electron chi connectivity index (χ4n) is 16.4. The first-order valence-electron chi connectivity index (χ1n) is 34.0. The zero-order valence-corrected chi connectivity index (χ0v) is 57.4. The summed E-state index contributed by atoms with van der Waals surface area (Å²) in [6.07, 6.45) is 10.9. The van der Waals surface area contributed by atoms with E-state index in [2.05, 4.69) is 73.0 Å². The first kappa shape index (κ1) is 66.0. The van der Waals surface area contributed by atoms with E-state index in [0.29, 0.717) is 99.7 Å². The Morgan fingerprint density at radius 3 is 2.18 bits per heavy atom. The lowest BCUT2D eigenvalue weighted by Gasteiger charge is -2.47. The number of methoxy groups -OCH3 is 1. The van der Waals surface area contributed by atoms with Crippen molar-refractivity contribution in [1.29, 1.82) is 0 Å². The Labute approximate surface area is 547 Å². The highest BCUT2D eigenvalue weighted by atomic mass is 28.3. The van der Waals surface area contributed by atoms with Gasteiger partial charge in [0.05, 0.1) is 29.6 Å². The smallest absolute Gasteiger partial charge is 0.410 e. The number of fused-ring (bicyclic) bond motifs is 4. The molecule has 2 atom stereocenters. The number of piperazine rings is 2. The zero-order chi connectivity index (χ0) is 65.9. The molecule has 7 fully saturated rings. The van der Waals surface area contributed by atoms with Crippen LogP contribution in [0, 0.1) is 46.8 Å². The molecule has 2 bridgehead atoms. The standard InChI is InChI=1S/C72H94F2N10O8Si/c1-45(2)93(46(3)4,47(5)6)33-19-55-58(73)15-14-50-34-54(91-44-89-11)37-56(61(50)55)63-62(74)64-57(38-75-63)65(83-40-53-36-52(83)41-84(53)69(88)92-70(8,9)10)78-67(77-64)90-43-72(22-23-72)42-80-31-29-79(30-32-80)39-49-16-20-71(21-17-49)24-27-81(28-25-71)66(86)51-13-12-48(7)59(35-51)82-26-18-60(85)76-68(82)87/h12-15,34-35,37-38,45-47,49,52-53H,16-18,20-32,36,39-44H2,1-11H3,(H,76,85,87)/t52-,53-/m0/s1. The number of hydrogen-bond acceptors (Lipinski definition) is 14.